The van der Waals surface area contributed by atoms with E-state index in [4.69, 9.17) is 0 Å². The Bertz CT molecular complexity index is 274. The van der Waals surface area contributed by atoms with Gasteiger partial charge in [0.25, 0.3) is 0 Å². The van der Waals surface area contributed by atoms with Gasteiger partial charge in [0.05, 0.1) is 0 Å². The van der Waals surface area contributed by atoms with E-state index in [0.29, 0.717) is 0 Å². The molecule has 0 spiro atoms. The lowest BCUT2D eigenvalue weighted by atomic mass is 10.4. The first-order valence-electron chi connectivity index (χ1n) is 6.48. The molecule has 0 saturated carbocycles. The fourth-order valence-electron chi connectivity index (χ4n) is 2.02. The number of hydrogen-bond donors (Lipinski definition) is 0. The van der Waals surface area contributed by atoms with Gasteiger partial charge in [0.1, 0.15) is 0 Å². The Morgan fingerprint density at radius 3 is 1.61 bits per heavy atom. The highest BCUT2D eigenvalue weighted by atomic mass is 28.3. The van der Waals surface area contributed by atoms with Gasteiger partial charge in [-0.2, -0.15) is 0 Å². The van der Waals surface area contributed by atoms with Crippen LogP contribution in [0.3, 0.4) is 0 Å². The maximum absolute atomic E-state index is 3.87. The molecule has 0 aromatic carbocycles. The lowest BCUT2D eigenvalue weighted by Crippen LogP contribution is -2.62. The van der Waals surface area contributed by atoms with E-state index < -0.39 is 8.40 Å². The van der Waals surface area contributed by atoms with E-state index >= 15 is 0 Å². The zero-order chi connectivity index (χ0) is 14.0. The average molecular weight is 264 g/mol. The predicted octanol–water partition coefficient (Wildman–Crippen LogP) is 3.43. The minimum atomic E-state index is -1.66. The van der Waals surface area contributed by atoms with Crippen LogP contribution in [0.15, 0.2) is 50.6 Å². The van der Waals surface area contributed by atoms with Gasteiger partial charge in [0, 0.05) is 19.6 Å². The quantitative estimate of drug-likeness (QED) is 0.417. The monoisotopic (exact) mass is 264 g/mol. The van der Waals surface area contributed by atoms with Crippen molar-refractivity contribution < 1.29 is 0 Å². The van der Waals surface area contributed by atoms with Gasteiger partial charge in [-0.15, -0.1) is 26.3 Å². The largest absolute Gasteiger partial charge is 0.308 e. The zero-order valence-corrected chi connectivity index (χ0v) is 13.1. The number of hydrogen-bond acceptors (Lipinski definition) is 2. The summed E-state index contributed by atoms with van der Waals surface area (Å²) in [5.74, 6) is 0. The van der Waals surface area contributed by atoms with Gasteiger partial charge in [-0.1, -0.05) is 24.3 Å². The SMILES string of the molecule is C=CCCN(CC=C)[Si](C)(C)N(CC=C)CC=C. The molecule has 0 aliphatic heterocycles. The maximum Gasteiger partial charge on any atom is 0.201 e. The molecule has 0 aromatic rings. The Hall–Kier alpha value is -0.903. The van der Waals surface area contributed by atoms with Gasteiger partial charge in [0.2, 0.25) is 8.40 Å². The second-order valence-corrected chi connectivity index (χ2v) is 9.04. The van der Waals surface area contributed by atoms with Crippen molar-refractivity contribution in [3.05, 3.63) is 50.6 Å². The third-order valence-electron chi connectivity index (χ3n) is 3.20. The van der Waals surface area contributed by atoms with Crippen molar-refractivity contribution >= 4 is 8.40 Å². The summed E-state index contributed by atoms with van der Waals surface area (Å²) in [6.45, 7) is 23.9. The standard InChI is InChI=1S/C15H28N2Si/c1-7-11-15-17(14-10-4)18(5,6)16(12-8-2)13-9-3/h7-10H,1-4,11-15H2,5-6H3. The molecule has 0 radical (unpaired) electrons. The molecule has 18 heavy (non-hydrogen) atoms. The van der Waals surface area contributed by atoms with Crippen molar-refractivity contribution in [3.63, 3.8) is 0 Å². The lowest BCUT2D eigenvalue weighted by molar-refractivity contribution is 0.382. The van der Waals surface area contributed by atoms with Crippen molar-refractivity contribution in [3.8, 4) is 0 Å². The van der Waals surface area contributed by atoms with Crippen LogP contribution in [-0.2, 0) is 0 Å². The van der Waals surface area contributed by atoms with Crippen LogP contribution < -0.4 is 0 Å². The molecule has 0 rings (SSSR count). The number of rotatable bonds is 11. The molecule has 3 heteroatoms. The number of nitrogens with zero attached hydrogens (tertiary/aromatic N) is 2. The van der Waals surface area contributed by atoms with Crippen LogP contribution in [0.2, 0.25) is 13.1 Å². The van der Waals surface area contributed by atoms with Gasteiger partial charge >= 0.3 is 0 Å². The summed E-state index contributed by atoms with van der Waals surface area (Å²) in [5.41, 5.74) is 0. The summed E-state index contributed by atoms with van der Waals surface area (Å²) in [6, 6.07) is 0. The topological polar surface area (TPSA) is 6.48 Å². The van der Waals surface area contributed by atoms with Crippen LogP contribution in [0.25, 0.3) is 0 Å². The molecule has 102 valence electrons. The molecule has 0 heterocycles. The van der Waals surface area contributed by atoms with Crippen molar-refractivity contribution in [1.29, 1.82) is 0 Å². The van der Waals surface area contributed by atoms with Crippen molar-refractivity contribution in [2.45, 2.75) is 19.5 Å². The molecule has 0 bridgehead atoms. The van der Waals surface area contributed by atoms with E-state index in [-0.39, 0.29) is 0 Å². The second-order valence-electron chi connectivity index (χ2n) is 4.79. The Morgan fingerprint density at radius 2 is 1.22 bits per heavy atom. The molecule has 0 N–H and O–H groups in total. The summed E-state index contributed by atoms with van der Waals surface area (Å²) >= 11 is 0. The van der Waals surface area contributed by atoms with Crippen molar-refractivity contribution in [2.24, 2.45) is 0 Å². The van der Waals surface area contributed by atoms with Crippen LogP contribution in [0.5, 0.6) is 0 Å². The van der Waals surface area contributed by atoms with Gasteiger partial charge in [0.15, 0.2) is 0 Å². The molecule has 2 nitrogen and oxygen atoms in total. The fourth-order valence-corrected chi connectivity index (χ4v) is 4.83. The minimum absolute atomic E-state index is 0.910. The Kier molecular flexibility index (Phi) is 8.63. The summed E-state index contributed by atoms with van der Waals surface area (Å²) in [5, 5.41) is 0. The molecule has 0 atom stereocenters. The second kappa shape index (κ2) is 9.08. The van der Waals surface area contributed by atoms with E-state index in [1.165, 1.54) is 0 Å². The fraction of sp³-hybridized carbons (Fsp3) is 0.467. The first-order valence-corrected chi connectivity index (χ1v) is 9.37. The van der Waals surface area contributed by atoms with E-state index in [0.717, 1.165) is 32.6 Å². The highest BCUT2D eigenvalue weighted by Gasteiger charge is 2.34. The van der Waals surface area contributed by atoms with Gasteiger partial charge < -0.3 is 9.13 Å². The Balaban J connectivity index is 4.93. The smallest absolute Gasteiger partial charge is 0.201 e. The highest BCUT2D eigenvalue weighted by molar-refractivity contribution is 6.72. The third kappa shape index (κ3) is 5.17. The van der Waals surface area contributed by atoms with Gasteiger partial charge in [-0.3, -0.25) is 0 Å². The predicted molar refractivity (Wildman–Crippen MR) is 86.0 cm³/mol. The summed E-state index contributed by atoms with van der Waals surface area (Å²) in [7, 11) is -1.66. The molecule has 0 fully saturated rings. The van der Waals surface area contributed by atoms with Crippen LogP contribution in [0, 0.1) is 0 Å². The van der Waals surface area contributed by atoms with E-state index in [1.54, 1.807) is 0 Å². The van der Waals surface area contributed by atoms with Crippen molar-refractivity contribution in [2.75, 3.05) is 26.2 Å². The highest BCUT2D eigenvalue weighted by Crippen LogP contribution is 2.16. The molecular weight excluding hydrogens is 236 g/mol. The molecule has 0 aliphatic carbocycles. The average Bonchev–Trinajstić information content (AvgIpc) is 2.34. The Morgan fingerprint density at radius 1 is 0.778 bits per heavy atom. The molecule has 0 unspecified atom stereocenters. The zero-order valence-electron chi connectivity index (χ0n) is 12.1. The minimum Gasteiger partial charge on any atom is -0.308 e. The third-order valence-corrected chi connectivity index (χ3v) is 7.07. The van der Waals surface area contributed by atoms with Gasteiger partial charge in [-0.05, 0) is 26.1 Å². The lowest BCUT2D eigenvalue weighted by Gasteiger charge is -2.43. The van der Waals surface area contributed by atoms with Crippen LogP contribution in [-0.4, -0.2) is 43.7 Å². The van der Waals surface area contributed by atoms with Crippen LogP contribution in [0.4, 0.5) is 0 Å². The summed E-state index contributed by atoms with van der Waals surface area (Å²) < 4.78 is 5.02. The molecule has 0 aromatic heterocycles. The Labute approximate surface area is 114 Å². The van der Waals surface area contributed by atoms with Crippen LogP contribution in [0.1, 0.15) is 6.42 Å². The van der Waals surface area contributed by atoms with Crippen molar-refractivity contribution in [1.82, 2.24) is 9.13 Å². The molecule has 0 amide bonds. The normalized spacial score (nSPS) is 11.6. The van der Waals surface area contributed by atoms with Gasteiger partial charge in [-0.25, -0.2) is 0 Å². The molecular formula is C15H28N2Si. The first-order chi connectivity index (χ1) is 8.54. The summed E-state index contributed by atoms with van der Waals surface area (Å²) in [4.78, 5) is 0. The first kappa shape index (κ1) is 17.1. The van der Waals surface area contributed by atoms with E-state index in [9.17, 15) is 0 Å². The molecule has 0 saturated heterocycles. The van der Waals surface area contributed by atoms with Crippen LogP contribution >= 0.6 is 0 Å². The molecule has 0 aliphatic rings. The summed E-state index contributed by atoms with van der Waals surface area (Å²) in [6.07, 6.45) is 8.92. The maximum atomic E-state index is 3.87. The van der Waals surface area contributed by atoms with E-state index in [1.807, 2.05) is 24.3 Å². The van der Waals surface area contributed by atoms with E-state index in [2.05, 4.69) is 48.5 Å².